The van der Waals surface area contributed by atoms with Crippen molar-refractivity contribution in [1.29, 1.82) is 0 Å². The average molecular weight is 200 g/mol. The third-order valence-electron chi connectivity index (χ3n) is 1.45. The minimum absolute atomic E-state index is 0.111. The summed E-state index contributed by atoms with van der Waals surface area (Å²) in [7, 11) is 1.40. The zero-order chi connectivity index (χ0) is 9.84. The number of hydrogen-bond acceptors (Lipinski definition) is 5. The van der Waals surface area contributed by atoms with Gasteiger partial charge in [0.05, 0.1) is 17.1 Å². The van der Waals surface area contributed by atoms with E-state index in [4.69, 9.17) is 4.74 Å². The number of rotatable bonds is 3. The van der Waals surface area contributed by atoms with Gasteiger partial charge < -0.3 is 4.74 Å². The molecule has 0 unspecified atom stereocenters. The minimum atomic E-state index is -0.518. The van der Waals surface area contributed by atoms with Gasteiger partial charge in [-0.25, -0.2) is 4.98 Å². The van der Waals surface area contributed by atoms with Crippen molar-refractivity contribution in [2.24, 2.45) is 0 Å². The van der Waals surface area contributed by atoms with Crippen LogP contribution >= 0.6 is 11.8 Å². The van der Waals surface area contributed by atoms with Crippen molar-refractivity contribution in [3.63, 3.8) is 0 Å². The zero-order valence-electron chi connectivity index (χ0n) is 7.18. The highest BCUT2D eigenvalue weighted by Crippen LogP contribution is 2.28. The Morgan fingerprint density at radius 3 is 2.85 bits per heavy atom. The molecule has 0 spiro atoms. The predicted octanol–water partition coefficient (Wildman–Crippen LogP) is 1.72. The molecule has 1 aromatic heterocycles. The van der Waals surface area contributed by atoms with Crippen LogP contribution in [0.1, 0.15) is 0 Å². The van der Waals surface area contributed by atoms with Crippen LogP contribution in [0.2, 0.25) is 0 Å². The lowest BCUT2D eigenvalue weighted by atomic mass is 10.4. The van der Waals surface area contributed by atoms with Crippen molar-refractivity contribution < 1.29 is 9.66 Å². The van der Waals surface area contributed by atoms with Crippen LogP contribution in [0, 0.1) is 10.1 Å². The molecule has 0 aliphatic carbocycles. The molecular formula is C7H8N2O3S. The van der Waals surface area contributed by atoms with Crippen molar-refractivity contribution in [3.8, 4) is 5.75 Å². The zero-order valence-corrected chi connectivity index (χ0v) is 8.00. The van der Waals surface area contributed by atoms with E-state index in [0.29, 0.717) is 5.03 Å². The summed E-state index contributed by atoms with van der Waals surface area (Å²) in [5.74, 6) is 0.240. The van der Waals surface area contributed by atoms with Crippen LogP contribution in [-0.4, -0.2) is 23.3 Å². The molecule has 5 nitrogen and oxygen atoms in total. The van der Waals surface area contributed by atoms with Crippen molar-refractivity contribution in [1.82, 2.24) is 4.98 Å². The van der Waals surface area contributed by atoms with Crippen LogP contribution in [0.5, 0.6) is 5.75 Å². The lowest BCUT2D eigenvalue weighted by Crippen LogP contribution is -1.95. The van der Waals surface area contributed by atoms with Crippen molar-refractivity contribution >= 4 is 17.4 Å². The van der Waals surface area contributed by atoms with Crippen LogP contribution < -0.4 is 4.74 Å². The Balaban J connectivity index is 3.15. The van der Waals surface area contributed by atoms with Gasteiger partial charge in [-0.15, -0.1) is 11.8 Å². The van der Waals surface area contributed by atoms with E-state index in [0.717, 1.165) is 0 Å². The molecule has 0 fully saturated rings. The van der Waals surface area contributed by atoms with Gasteiger partial charge in [0.15, 0.2) is 0 Å². The summed E-state index contributed by atoms with van der Waals surface area (Å²) < 4.78 is 4.85. The molecule has 0 N–H and O–H groups in total. The molecule has 0 atom stereocenters. The monoisotopic (exact) mass is 200 g/mol. The lowest BCUT2D eigenvalue weighted by Gasteiger charge is -2.01. The number of thioether (sulfide) groups is 1. The van der Waals surface area contributed by atoms with Gasteiger partial charge in [-0.05, 0) is 6.26 Å². The van der Waals surface area contributed by atoms with Gasteiger partial charge in [-0.3, -0.25) is 10.1 Å². The SMILES string of the molecule is COc1cc(SC)ncc1[N+](=O)[O-]. The van der Waals surface area contributed by atoms with E-state index in [1.165, 1.54) is 25.1 Å². The Labute approximate surface area is 79.3 Å². The number of aromatic nitrogens is 1. The van der Waals surface area contributed by atoms with Crippen LogP contribution in [0.15, 0.2) is 17.3 Å². The summed E-state index contributed by atoms with van der Waals surface area (Å²) in [5.41, 5.74) is -0.111. The molecule has 13 heavy (non-hydrogen) atoms. The smallest absolute Gasteiger partial charge is 0.329 e. The Kier molecular flexibility index (Phi) is 3.07. The van der Waals surface area contributed by atoms with Crippen molar-refractivity contribution in [2.75, 3.05) is 13.4 Å². The topological polar surface area (TPSA) is 65.3 Å². The normalized spacial score (nSPS) is 9.69. The molecule has 0 amide bonds. The molecule has 6 heteroatoms. The summed E-state index contributed by atoms with van der Waals surface area (Å²) in [6, 6.07) is 1.54. The third-order valence-corrected chi connectivity index (χ3v) is 2.09. The number of pyridine rings is 1. The quantitative estimate of drug-likeness (QED) is 0.422. The van der Waals surface area contributed by atoms with Gasteiger partial charge in [0, 0.05) is 6.07 Å². The molecular weight excluding hydrogens is 192 g/mol. The van der Waals surface area contributed by atoms with Gasteiger partial charge in [0.1, 0.15) is 6.20 Å². The van der Waals surface area contributed by atoms with Crippen LogP contribution in [0.25, 0.3) is 0 Å². The molecule has 1 heterocycles. The average Bonchev–Trinajstić information content (AvgIpc) is 2.16. The summed E-state index contributed by atoms with van der Waals surface area (Å²) in [4.78, 5) is 13.8. The molecule has 1 rings (SSSR count). The maximum Gasteiger partial charge on any atom is 0.329 e. The Morgan fingerprint density at radius 2 is 2.38 bits per heavy atom. The predicted molar refractivity (Wildman–Crippen MR) is 49.2 cm³/mol. The Morgan fingerprint density at radius 1 is 1.69 bits per heavy atom. The van der Waals surface area contributed by atoms with Crippen LogP contribution in [-0.2, 0) is 0 Å². The van der Waals surface area contributed by atoms with Crippen molar-refractivity contribution in [3.05, 3.63) is 22.4 Å². The molecule has 70 valence electrons. The third kappa shape index (κ3) is 2.09. The van der Waals surface area contributed by atoms with Gasteiger partial charge in [0.25, 0.3) is 0 Å². The fraction of sp³-hybridized carbons (Fsp3) is 0.286. The molecule has 0 aliphatic heterocycles. The first kappa shape index (κ1) is 9.79. The molecule has 0 aliphatic rings. The number of ether oxygens (including phenoxy) is 1. The largest absolute Gasteiger partial charge is 0.490 e. The second kappa shape index (κ2) is 4.08. The molecule has 1 aromatic rings. The first-order valence-corrected chi connectivity index (χ1v) is 4.64. The second-order valence-corrected chi connectivity index (χ2v) is 2.98. The summed E-state index contributed by atoms with van der Waals surface area (Å²) in [6.45, 7) is 0. The highest BCUT2D eigenvalue weighted by atomic mass is 32.2. The first-order valence-electron chi connectivity index (χ1n) is 3.41. The summed E-state index contributed by atoms with van der Waals surface area (Å²) >= 11 is 1.41. The van der Waals surface area contributed by atoms with E-state index >= 15 is 0 Å². The molecule has 0 saturated heterocycles. The highest BCUT2D eigenvalue weighted by Gasteiger charge is 2.15. The second-order valence-electron chi connectivity index (χ2n) is 2.16. The van der Waals surface area contributed by atoms with Crippen LogP contribution in [0.4, 0.5) is 5.69 Å². The fourth-order valence-corrected chi connectivity index (χ4v) is 1.21. The van der Waals surface area contributed by atoms with Crippen molar-refractivity contribution in [2.45, 2.75) is 5.03 Å². The van der Waals surface area contributed by atoms with Gasteiger partial charge in [-0.2, -0.15) is 0 Å². The highest BCUT2D eigenvalue weighted by molar-refractivity contribution is 7.98. The number of nitro groups is 1. The molecule has 0 bridgehead atoms. The number of methoxy groups -OCH3 is 1. The van der Waals surface area contributed by atoms with E-state index in [1.54, 1.807) is 6.07 Å². The number of nitrogens with zero attached hydrogens (tertiary/aromatic N) is 2. The Hall–Kier alpha value is -1.30. The van der Waals surface area contributed by atoms with Gasteiger partial charge in [0.2, 0.25) is 5.75 Å². The first-order chi connectivity index (χ1) is 6.19. The van der Waals surface area contributed by atoms with Crippen LogP contribution in [0.3, 0.4) is 0 Å². The maximum atomic E-state index is 10.5. The van der Waals surface area contributed by atoms with E-state index in [2.05, 4.69) is 4.98 Å². The molecule has 0 aromatic carbocycles. The Bertz CT molecular complexity index is 330. The van der Waals surface area contributed by atoms with E-state index in [9.17, 15) is 10.1 Å². The molecule has 0 radical (unpaired) electrons. The van der Waals surface area contributed by atoms with Gasteiger partial charge in [-0.1, -0.05) is 0 Å². The van der Waals surface area contributed by atoms with E-state index in [1.807, 2.05) is 6.26 Å². The number of hydrogen-bond donors (Lipinski definition) is 0. The lowest BCUT2D eigenvalue weighted by molar-refractivity contribution is -0.386. The fourth-order valence-electron chi connectivity index (χ4n) is 0.824. The minimum Gasteiger partial charge on any atom is -0.490 e. The summed E-state index contributed by atoms with van der Waals surface area (Å²) in [5, 5.41) is 11.2. The van der Waals surface area contributed by atoms with E-state index < -0.39 is 4.92 Å². The maximum absolute atomic E-state index is 10.5. The van der Waals surface area contributed by atoms with Gasteiger partial charge >= 0.3 is 5.69 Å². The molecule has 0 saturated carbocycles. The standard InChI is InChI=1S/C7H8N2O3S/c1-12-6-3-7(13-2)8-4-5(6)9(10)11/h3-4H,1-2H3. The van der Waals surface area contributed by atoms with E-state index in [-0.39, 0.29) is 11.4 Å². The summed E-state index contributed by atoms with van der Waals surface area (Å²) in [6.07, 6.45) is 3.04.